The second kappa shape index (κ2) is 10.6. The Morgan fingerprint density at radius 2 is 1.76 bits per heavy atom. The fourth-order valence-corrected chi connectivity index (χ4v) is 4.58. The number of carbonyl (C=O) groups is 1. The first kappa shape index (κ1) is 23.0. The summed E-state index contributed by atoms with van der Waals surface area (Å²) in [6, 6.07) is 21.7. The molecule has 4 rings (SSSR count). The maximum atomic E-state index is 13.9. The van der Waals surface area contributed by atoms with Gasteiger partial charge in [-0.15, -0.1) is 0 Å². The highest BCUT2D eigenvalue weighted by Crippen LogP contribution is 2.36. The summed E-state index contributed by atoms with van der Waals surface area (Å²) in [6.07, 6.45) is 1.80. The van der Waals surface area contributed by atoms with E-state index in [1.165, 1.54) is 17.8 Å². The minimum Gasteiger partial charge on any atom is -0.490 e. The molecule has 3 aromatic rings. The van der Waals surface area contributed by atoms with Gasteiger partial charge in [0, 0.05) is 5.56 Å². The summed E-state index contributed by atoms with van der Waals surface area (Å²) in [5, 5.41) is 0. The number of thioether (sulfide) groups is 1. The van der Waals surface area contributed by atoms with E-state index in [4.69, 9.17) is 21.7 Å². The van der Waals surface area contributed by atoms with E-state index in [1.807, 2.05) is 49.4 Å². The van der Waals surface area contributed by atoms with Crippen molar-refractivity contribution in [1.29, 1.82) is 0 Å². The van der Waals surface area contributed by atoms with E-state index in [-0.39, 0.29) is 18.3 Å². The van der Waals surface area contributed by atoms with E-state index in [0.29, 0.717) is 39.4 Å². The lowest BCUT2D eigenvalue weighted by Gasteiger charge is -2.14. The van der Waals surface area contributed by atoms with Crippen LogP contribution in [0.25, 0.3) is 6.08 Å². The second-order valence-corrected chi connectivity index (χ2v) is 8.95. The molecule has 33 heavy (non-hydrogen) atoms. The van der Waals surface area contributed by atoms with Crippen molar-refractivity contribution in [3.8, 4) is 11.5 Å². The zero-order valence-corrected chi connectivity index (χ0v) is 19.6. The van der Waals surface area contributed by atoms with Gasteiger partial charge in [-0.2, -0.15) is 0 Å². The van der Waals surface area contributed by atoms with Gasteiger partial charge in [0.2, 0.25) is 0 Å². The normalized spacial score (nSPS) is 14.7. The predicted octanol–water partition coefficient (Wildman–Crippen LogP) is 6.20. The molecule has 4 nitrogen and oxygen atoms in total. The number of nitrogens with zero attached hydrogens (tertiary/aromatic N) is 1. The van der Waals surface area contributed by atoms with E-state index < -0.39 is 0 Å². The first-order valence-corrected chi connectivity index (χ1v) is 11.7. The van der Waals surface area contributed by atoms with Gasteiger partial charge in [-0.25, -0.2) is 4.39 Å². The molecule has 0 aromatic heterocycles. The SMILES string of the molecule is CCOc1cc(/C=C2/SC(=S)N(Cc3ccccc3)C2=O)ccc1OCc1ccccc1F. The maximum Gasteiger partial charge on any atom is 0.266 e. The summed E-state index contributed by atoms with van der Waals surface area (Å²) >= 11 is 6.73. The van der Waals surface area contributed by atoms with Crippen LogP contribution in [-0.4, -0.2) is 21.7 Å². The van der Waals surface area contributed by atoms with Crippen LogP contribution in [0.2, 0.25) is 0 Å². The molecule has 0 bridgehead atoms. The van der Waals surface area contributed by atoms with E-state index in [0.717, 1.165) is 11.1 Å². The van der Waals surface area contributed by atoms with Crippen molar-refractivity contribution in [3.05, 3.63) is 100 Å². The number of thiocarbonyl (C=S) groups is 1. The molecule has 3 aromatic carbocycles. The molecule has 0 N–H and O–H groups in total. The number of carbonyl (C=O) groups excluding carboxylic acids is 1. The van der Waals surface area contributed by atoms with E-state index in [1.54, 1.807) is 35.2 Å². The quantitative estimate of drug-likeness (QED) is 0.284. The number of hydrogen-bond acceptors (Lipinski definition) is 5. The molecule has 0 radical (unpaired) electrons. The zero-order chi connectivity index (χ0) is 23.2. The number of benzene rings is 3. The van der Waals surface area contributed by atoms with Crippen LogP contribution in [-0.2, 0) is 17.9 Å². The van der Waals surface area contributed by atoms with Gasteiger partial charge in [-0.1, -0.05) is 78.6 Å². The Morgan fingerprint density at radius 3 is 2.52 bits per heavy atom. The van der Waals surface area contributed by atoms with Gasteiger partial charge in [-0.05, 0) is 42.3 Å². The number of hydrogen-bond donors (Lipinski definition) is 0. The first-order chi connectivity index (χ1) is 16.0. The van der Waals surface area contributed by atoms with E-state index in [9.17, 15) is 9.18 Å². The summed E-state index contributed by atoms with van der Waals surface area (Å²) in [6.45, 7) is 2.85. The average molecular weight is 480 g/mol. The van der Waals surface area contributed by atoms with Crippen LogP contribution in [0.4, 0.5) is 4.39 Å². The van der Waals surface area contributed by atoms with Gasteiger partial charge >= 0.3 is 0 Å². The third kappa shape index (κ3) is 5.61. The summed E-state index contributed by atoms with van der Waals surface area (Å²) in [7, 11) is 0. The largest absolute Gasteiger partial charge is 0.490 e. The summed E-state index contributed by atoms with van der Waals surface area (Å²) < 4.78 is 26.0. The van der Waals surface area contributed by atoms with Gasteiger partial charge in [-0.3, -0.25) is 9.69 Å². The summed E-state index contributed by atoms with van der Waals surface area (Å²) in [4.78, 5) is 15.1. The molecule has 0 spiro atoms. The molecule has 1 aliphatic heterocycles. The Kier molecular flexibility index (Phi) is 7.42. The molecule has 0 unspecified atom stereocenters. The van der Waals surface area contributed by atoms with Crippen LogP contribution in [0.1, 0.15) is 23.6 Å². The van der Waals surface area contributed by atoms with Crippen LogP contribution in [0.5, 0.6) is 11.5 Å². The Morgan fingerprint density at radius 1 is 1.00 bits per heavy atom. The molecular weight excluding hydrogens is 457 g/mol. The molecule has 1 aliphatic rings. The molecule has 1 heterocycles. The predicted molar refractivity (Wildman–Crippen MR) is 134 cm³/mol. The molecule has 1 amide bonds. The number of ether oxygens (including phenoxy) is 2. The first-order valence-electron chi connectivity index (χ1n) is 10.5. The highest BCUT2D eigenvalue weighted by Gasteiger charge is 2.32. The lowest BCUT2D eigenvalue weighted by molar-refractivity contribution is -0.122. The molecule has 1 saturated heterocycles. The van der Waals surface area contributed by atoms with Crippen molar-refractivity contribution in [1.82, 2.24) is 4.90 Å². The van der Waals surface area contributed by atoms with Gasteiger partial charge in [0.25, 0.3) is 5.91 Å². The van der Waals surface area contributed by atoms with Crippen LogP contribution in [0.15, 0.2) is 77.7 Å². The lowest BCUT2D eigenvalue weighted by Crippen LogP contribution is -2.27. The third-order valence-corrected chi connectivity index (χ3v) is 6.34. The Hall–Kier alpha value is -3.16. The highest BCUT2D eigenvalue weighted by atomic mass is 32.2. The Balaban J connectivity index is 1.51. The smallest absolute Gasteiger partial charge is 0.266 e. The fraction of sp³-hybridized carbons (Fsp3) is 0.154. The van der Waals surface area contributed by atoms with Gasteiger partial charge < -0.3 is 9.47 Å². The van der Waals surface area contributed by atoms with Gasteiger partial charge in [0.05, 0.1) is 18.1 Å². The molecule has 1 fully saturated rings. The summed E-state index contributed by atoms with van der Waals surface area (Å²) in [5.41, 5.74) is 2.27. The average Bonchev–Trinajstić information content (AvgIpc) is 3.08. The van der Waals surface area contributed by atoms with Crippen molar-refractivity contribution < 1.29 is 18.7 Å². The summed E-state index contributed by atoms with van der Waals surface area (Å²) in [5.74, 6) is 0.604. The highest BCUT2D eigenvalue weighted by molar-refractivity contribution is 8.26. The third-order valence-electron chi connectivity index (χ3n) is 4.96. The van der Waals surface area contributed by atoms with E-state index >= 15 is 0 Å². The van der Waals surface area contributed by atoms with Crippen LogP contribution >= 0.6 is 24.0 Å². The Labute approximate surface area is 202 Å². The molecule has 0 atom stereocenters. The van der Waals surface area contributed by atoms with Crippen LogP contribution in [0, 0.1) is 5.82 Å². The van der Waals surface area contributed by atoms with Crippen LogP contribution < -0.4 is 9.47 Å². The maximum absolute atomic E-state index is 13.9. The molecular formula is C26H22FNO3S2. The van der Waals surface area contributed by atoms with Gasteiger partial charge in [0.15, 0.2) is 11.5 Å². The standard InChI is InChI=1S/C26H22FNO3S2/c1-2-30-23-14-19(12-13-22(23)31-17-20-10-6-7-11-21(20)27)15-24-25(29)28(26(32)33-24)16-18-8-4-3-5-9-18/h3-15H,2,16-17H2,1H3/b24-15+. The van der Waals surface area contributed by atoms with Crippen molar-refractivity contribution in [2.24, 2.45) is 0 Å². The lowest BCUT2D eigenvalue weighted by atomic mass is 10.1. The molecule has 168 valence electrons. The van der Waals surface area contributed by atoms with Gasteiger partial charge in [0.1, 0.15) is 16.7 Å². The topological polar surface area (TPSA) is 38.8 Å². The minimum absolute atomic E-state index is 0.0875. The minimum atomic E-state index is -0.315. The molecule has 0 saturated carbocycles. The Bertz CT molecular complexity index is 1200. The van der Waals surface area contributed by atoms with Crippen LogP contribution in [0.3, 0.4) is 0 Å². The van der Waals surface area contributed by atoms with E-state index in [2.05, 4.69) is 0 Å². The number of rotatable bonds is 8. The molecule has 7 heteroatoms. The number of halogens is 1. The fourth-order valence-electron chi connectivity index (χ4n) is 3.33. The molecule has 0 aliphatic carbocycles. The zero-order valence-electron chi connectivity index (χ0n) is 18.0. The monoisotopic (exact) mass is 479 g/mol. The van der Waals surface area contributed by atoms with Crippen molar-refractivity contribution in [3.63, 3.8) is 0 Å². The van der Waals surface area contributed by atoms with Crippen molar-refractivity contribution in [2.75, 3.05) is 6.61 Å². The number of amides is 1. The second-order valence-electron chi connectivity index (χ2n) is 7.27. The van der Waals surface area contributed by atoms with Crippen molar-refractivity contribution >= 4 is 40.3 Å². The van der Waals surface area contributed by atoms with Crippen molar-refractivity contribution in [2.45, 2.75) is 20.1 Å².